The Bertz CT molecular complexity index is 1040. The molecule has 8 nitrogen and oxygen atoms in total. The fourth-order valence-corrected chi connectivity index (χ4v) is 4.83. The van der Waals surface area contributed by atoms with Crippen LogP contribution in [0.4, 0.5) is 4.79 Å². The maximum atomic E-state index is 12.5. The van der Waals surface area contributed by atoms with Crippen molar-refractivity contribution in [3.05, 3.63) is 59.7 Å². The van der Waals surface area contributed by atoms with E-state index >= 15 is 0 Å². The van der Waals surface area contributed by atoms with Gasteiger partial charge >= 0.3 is 12.1 Å². The summed E-state index contributed by atoms with van der Waals surface area (Å²) in [5, 5.41) is 14.8. The third-order valence-electron chi connectivity index (χ3n) is 7.05. The number of carboxylic acids is 1. The van der Waals surface area contributed by atoms with Crippen molar-refractivity contribution >= 4 is 18.0 Å². The van der Waals surface area contributed by atoms with Gasteiger partial charge in [-0.25, -0.2) is 9.59 Å². The van der Waals surface area contributed by atoms with Gasteiger partial charge in [-0.15, -0.1) is 0 Å². The smallest absolute Gasteiger partial charge is 0.407 e. The number of alkyl carbamates (subject to hydrolysis) is 1. The Hall–Kier alpha value is -3.39. The number of benzene rings is 2. The average molecular weight is 481 g/mol. The zero-order valence-corrected chi connectivity index (χ0v) is 20.0. The quantitative estimate of drug-likeness (QED) is 0.506. The minimum atomic E-state index is -1.04. The van der Waals surface area contributed by atoms with Crippen LogP contribution in [0.5, 0.6) is 0 Å². The molecule has 1 aliphatic heterocycles. The molecule has 3 N–H and O–H groups in total. The van der Waals surface area contributed by atoms with E-state index in [9.17, 15) is 19.5 Å². The lowest BCUT2D eigenvalue weighted by Gasteiger charge is -2.21. The molecule has 0 bridgehead atoms. The molecule has 2 aliphatic rings. The van der Waals surface area contributed by atoms with Crippen molar-refractivity contribution < 1.29 is 29.0 Å². The van der Waals surface area contributed by atoms with Gasteiger partial charge < -0.3 is 25.2 Å². The first-order valence-corrected chi connectivity index (χ1v) is 12.1. The SMILES string of the molecule is CCC(C)C(NC(=O)[C@@H]1CO[C@H](CNC(=O)OCC2c3ccccc3-c3ccccc32)C1)C(=O)O. The molecule has 0 saturated carbocycles. The molecule has 4 rings (SSSR count). The number of amides is 2. The molecule has 1 aliphatic carbocycles. The number of hydrogen-bond donors (Lipinski definition) is 3. The van der Waals surface area contributed by atoms with Gasteiger partial charge in [0.2, 0.25) is 5.91 Å². The third kappa shape index (κ3) is 5.48. The lowest BCUT2D eigenvalue weighted by molar-refractivity contribution is -0.144. The zero-order valence-electron chi connectivity index (χ0n) is 20.0. The summed E-state index contributed by atoms with van der Waals surface area (Å²) < 4.78 is 11.2. The van der Waals surface area contributed by atoms with Gasteiger partial charge in [0.25, 0.3) is 0 Å². The molecule has 8 heteroatoms. The predicted molar refractivity (Wildman–Crippen MR) is 130 cm³/mol. The van der Waals surface area contributed by atoms with E-state index < -0.39 is 24.0 Å². The molecule has 2 amide bonds. The van der Waals surface area contributed by atoms with Crippen molar-refractivity contribution in [2.75, 3.05) is 19.8 Å². The van der Waals surface area contributed by atoms with Crippen molar-refractivity contribution in [1.29, 1.82) is 0 Å². The van der Waals surface area contributed by atoms with E-state index in [0.29, 0.717) is 12.8 Å². The molecule has 1 saturated heterocycles. The first-order chi connectivity index (χ1) is 16.9. The molecule has 1 fully saturated rings. The van der Waals surface area contributed by atoms with E-state index in [2.05, 4.69) is 34.9 Å². The summed E-state index contributed by atoms with van der Waals surface area (Å²) in [6.45, 7) is 4.31. The summed E-state index contributed by atoms with van der Waals surface area (Å²) in [4.78, 5) is 36.4. The average Bonchev–Trinajstić information content (AvgIpc) is 3.47. The number of hydrogen-bond acceptors (Lipinski definition) is 5. The Morgan fingerprint density at radius 3 is 2.31 bits per heavy atom. The van der Waals surface area contributed by atoms with Gasteiger partial charge in [-0.05, 0) is 34.6 Å². The molecular weight excluding hydrogens is 448 g/mol. The second kappa shape index (κ2) is 10.9. The number of nitrogens with one attached hydrogen (secondary N) is 2. The number of carbonyl (C=O) groups is 3. The van der Waals surface area contributed by atoms with Gasteiger partial charge in [-0.3, -0.25) is 4.79 Å². The van der Waals surface area contributed by atoms with Crippen LogP contribution in [0.3, 0.4) is 0 Å². The fourth-order valence-electron chi connectivity index (χ4n) is 4.83. The van der Waals surface area contributed by atoms with Gasteiger partial charge in [0.05, 0.1) is 18.6 Å². The number of aliphatic carboxylic acids is 1. The minimum Gasteiger partial charge on any atom is -0.480 e. The van der Waals surface area contributed by atoms with Gasteiger partial charge in [0.1, 0.15) is 12.6 Å². The summed E-state index contributed by atoms with van der Waals surface area (Å²) in [6.07, 6.45) is 0.178. The summed E-state index contributed by atoms with van der Waals surface area (Å²) in [5.74, 6) is -2.02. The molecule has 1 heterocycles. The van der Waals surface area contributed by atoms with Crippen LogP contribution in [-0.2, 0) is 19.1 Å². The van der Waals surface area contributed by atoms with E-state index in [1.165, 1.54) is 11.1 Å². The number of fused-ring (bicyclic) bond motifs is 3. The van der Waals surface area contributed by atoms with Crippen LogP contribution in [0.25, 0.3) is 11.1 Å². The topological polar surface area (TPSA) is 114 Å². The highest BCUT2D eigenvalue weighted by atomic mass is 16.5. The number of ether oxygens (including phenoxy) is 2. The van der Waals surface area contributed by atoms with Crippen molar-refractivity contribution in [2.24, 2.45) is 11.8 Å². The Morgan fingerprint density at radius 1 is 1.09 bits per heavy atom. The maximum absolute atomic E-state index is 12.5. The molecule has 2 aromatic rings. The van der Waals surface area contributed by atoms with Crippen LogP contribution in [0.2, 0.25) is 0 Å². The van der Waals surface area contributed by atoms with E-state index in [-0.39, 0.29) is 43.6 Å². The molecule has 0 aromatic heterocycles. The standard InChI is InChI=1S/C27H32N2O6/c1-3-16(2)24(26(31)32)29-25(30)17-12-18(34-14-17)13-28-27(33)35-15-23-21-10-6-4-8-19(21)20-9-5-7-11-22(20)23/h4-11,16-18,23-24H,3,12-15H2,1-2H3,(H,28,33)(H,29,30)(H,31,32)/t16?,17-,18-,24?/m0/s1. The summed E-state index contributed by atoms with van der Waals surface area (Å²) in [7, 11) is 0. The van der Waals surface area contributed by atoms with E-state index in [0.717, 1.165) is 11.1 Å². The predicted octanol–water partition coefficient (Wildman–Crippen LogP) is 3.55. The van der Waals surface area contributed by atoms with Crippen LogP contribution in [-0.4, -0.2) is 55.0 Å². The van der Waals surface area contributed by atoms with Crippen LogP contribution in [0.15, 0.2) is 48.5 Å². The zero-order chi connectivity index (χ0) is 24.9. The lowest BCUT2D eigenvalue weighted by Crippen LogP contribution is -2.47. The van der Waals surface area contributed by atoms with Crippen molar-refractivity contribution in [1.82, 2.24) is 10.6 Å². The Balaban J connectivity index is 1.24. The van der Waals surface area contributed by atoms with Crippen molar-refractivity contribution in [3.8, 4) is 11.1 Å². The Labute approximate surface area is 205 Å². The molecule has 0 radical (unpaired) electrons. The summed E-state index contributed by atoms with van der Waals surface area (Å²) in [5.41, 5.74) is 4.62. The lowest BCUT2D eigenvalue weighted by atomic mass is 9.97. The fraction of sp³-hybridized carbons (Fsp3) is 0.444. The minimum absolute atomic E-state index is 0.0170. The Kier molecular flexibility index (Phi) is 7.70. The van der Waals surface area contributed by atoms with Gasteiger partial charge in [-0.2, -0.15) is 0 Å². The van der Waals surface area contributed by atoms with Crippen LogP contribution < -0.4 is 10.6 Å². The van der Waals surface area contributed by atoms with Crippen molar-refractivity contribution in [3.63, 3.8) is 0 Å². The molecular formula is C27H32N2O6. The third-order valence-corrected chi connectivity index (χ3v) is 7.05. The maximum Gasteiger partial charge on any atom is 0.407 e. The molecule has 4 atom stereocenters. The largest absolute Gasteiger partial charge is 0.480 e. The van der Waals surface area contributed by atoms with Gasteiger partial charge in [-0.1, -0.05) is 68.8 Å². The highest BCUT2D eigenvalue weighted by Crippen LogP contribution is 2.44. The normalized spacial score (nSPS) is 20.4. The first-order valence-electron chi connectivity index (χ1n) is 12.1. The van der Waals surface area contributed by atoms with E-state index in [1.807, 2.05) is 31.2 Å². The molecule has 2 aromatic carbocycles. The van der Waals surface area contributed by atoms with Crippen molar-refractivity contribution in [2.45, 2.75) is 44.8 Å². The molecule has 0 spiro atoms. The molecule has 35 heavy (non-hydrogen) atoms. The second-order valence-corrected chi connectivity index (χ2v) is 9.30. The first kappa shape index (κ1) is 24.7. The Morgan fingerprint density at radius 2 is 1.71 bits per heavy atom. The van der Waals surface area contributed by atoms with Crippen LogP contribution >= 0.6 is 0 Å². The second-order valence-electron chi connectivity index (χ2n) is 9.30. The van der Waals surface area contributed by atoms with E-state index in [1.54, 1.807) is 6.92 Å². The summed E-state index contributed by atoms with van der Waals surface area (Å²) in [6, 6.07) is 15.4. The summed E-state index contributed by atoms with van der Waals surface area (Å²) >= 11 is 0. The van der Waals surface area contributed by atoms with Crippen LogP contribution in [0.1, 0.15) is 43.7 Å². The highest BCUT2D eigenvalue weighted by Gasteiger charge is 2.35. The molecule has 2 unspecified atom stereocenters. The molecule has 186 valence electrons. The number of carboxylic acid groups (broad SMARTS) is 1. The number of rotatable bonds is 9. The number of carbonyl (C=O) groups excluding carboxylic acids is 2. The van der Waals surface area contributed by atoms with Gasteiger partial charge in [0, 0.05) is 12.5 Å². The van der Waals surface area contributed by atoms with E-state index in [4.69, 9.17) is 9.47 Å². The van der Waals surface area contributed by atoms with Gasteiger partial charge in [0.15, 0.2) is 0 Å². The highest BCUT2D eigenvalue weighted by molar-refractivity contribution is 5.85. The monoisotopic (exact) mass is 480 g/mol. The van der Waals surface area contributed by atoms with Crippen LogP contribution in [0, 0.1) is 11.8 Å².